The fourth-order valence-corrected chi connectivity index (χ4v) is 4.37. The molecular formula is C25H23N3O7. The lowest BCUT2D eigenvalue weighted by atomic mass is 9.82. The van der Waals surface area contributed by atoms with Gasteiger partial charge in [0.2, 0.25) is 0 Å². The molecule has 10 nitrogen and oxygen atoms in total. The van der Waals surface area contributed by atoms with Gasteiger partial charge in [-0.15, -0.1) is 0 Å². The van der Waals surface area contributed by atoms with Crippen molar-refractivity contribution in [2.24, 2.45) is 11.8 Å². The SMILES string of the molecule is COc1ccc(C(=O)CN(C(=O)c2ccc([N+](=O)[O-])cc2)N2C(=O)[C@H]3CC=C(C)C[C@H]3C2=O)cc1. The first-order chi connectivity index (χ1) is 16.7. The Kier molecular flexibility index (Phi) is 6.46. The van der Waals surface area contributed by atoms with Crippen LogP contribution in [0.15, 0.2) is 60.2 Å². The number of benzene rings is 2. The molecule has 1 aliphatic carbocycles. The average molecular weight is 477 g/mol. The highest BCUT2D eigenvalue weighted by atomic mass is 16.6. The molecule has 1 saturated heterocycles. The lowest BCUT2D eigenvalue weighted by molar-refractivity contribution is -0.384. The van der Waals surface area contributed by atoms with Crippen LogP contribution in [0.5, 0.6) is 5.75 Å². The summed E-state index contributed by atoms with van der Waals surface area (Å²) in [6.07, 6.45) is 2.68. The molecule has 1 aliphatic heterocycles. The first-order valence-electron chi connectivity index (χ1n) is 11.0. The maximum atomic E-state index is 13.5. The molecule has 0 N–H and O–H groups in total. The van der Waals surface area contributed by atoms with Gasteiger partial charge >= 0.3 is 0 Å². The molecule has 0 aromatic heterocycles. The number of Topliss-reactive ketones (excluding diaryl/α,β-unsaturated/α-hetero) is 1. The number of ether oxygens (including phenoxy) is 1. The standard InChI is InChI=1S/C25H23N3O7/c1-15-3-12-20-21(13-15)25(32)27(24(20)31)26(14-22(29)16-6-10-19(35-2)11-7-16)23(30)17-4-8-18(9-5-17)28(33)34/h3-11,20-21H,12-14H2,1-2H3/t20-,21+/m0/s1. The van der Waals surface area contributed by atoms with Crippen LogP contribution in [-0.4, -0.2) is 52.1 Å². The number of hydrazine groups is 1. The Morgan fingerprint density at radius 2 is 1.63 bits per heavy atom. The van der Waals surface area contributed by atoms with E-state index in [1.165, 1.54) is 31.4 Å². The van der Waals surface area contributed by atoms with Crippen molar-refractivity contribution >= 4 is 29.2 Å². The molecule has 10 heteroatoms. The van der Waals surface area contributed by atoms with Crippen molar-refractivity contribution in [3.05, 3.63) is 81.4 Å². The number of carbonyl (C=O) groups is 4. The third-order valence-corrected chi connectivity index (χ3v) is 6.31. The predicted molar refractivity (Wildman–Crippen MR) is 123 cm³/mol. The normalized spacial score (nSPS) is 19.1. The minimum atomic E-state index is -0.785. The summed E-state index contributed by atoms with van der Waals surface area (Å²) in [4.78, 5) is 63.5. The van der Waals surface area contributed by atoms with Crippen molar-refractivity contribution in [3.63, 3.8) is 0 Å². The maximum Gasteiger partial charge on any atom is 0.273 e. The zero-order valence-electron chi connectivity index (χ0n) is 19.2. The summed E-state index contributed by atoms with van der Waals surface area (Å²) in [5, 5.41) is 12.6. The highest BCUT2D eigenvalue weighted by Gasteiger charge is 2.51. The summed E-state index contributed by atoms with van der Waals surface area (Å²) in [5.41, 5.74) is 1.03. The summed E-state index contributed by atoms with van der Waals surface area (Å²) in [7, 11) is 1.49. The minimum Gasteiger partial charge on any atom is -0.497 e. The van der Waals surface area contributed by atoms with Gasteiger partial charge in [0.1, 0.15) is 12.3 Å². The van der Waals surface area contributed by atoms with E-state index in [1.54, 1.807) is 12.1 Å². The fraction of sp³-hybridized carbons (Fsp3) is 0.280. The smallest absolute Gasteiger partial charge is 0.273 e. The molecule has 1 fully saturated rings. The fourth-order valence-electron chi connectivity index (χ4n) is 4.37. The van der Waals surface area contributed by atoms with E-state index in [9.17, 15) is 29.3 Å². The maximum absolute atomic E-state index is 13.5. The molecule has 4 rings (SSSR count). The lowest BCUT2D eigenvalue weighted by Gasteiger charge is -2.30. The van der Waals surface area contributed by atoms with Gasteiger partial charge in [-0.25, -0.2) is 5.01 Å². The molecule has 2 aliphatic rings. The summed E-state index contributed by atoms with van der Waals surface area (Å²) < 4.78 is 5.10. The molecule has 2 atom stereocenters. The lowest BCUT2D eigenvalue weighted by Crippen LogP contribution is -2.52. The van der Waals surface area contributed by atoms with E-state index in [4.69, 9.17) is 4.74 Å². The molecule has 0 saturated carbocycles. The second-order valence-corrected chi connectivity index (χ2v) is 8.51. The number of carbonyl (C=O) groups excluding carboxylic acids is 4. The van der Waals surface area contributed by atoms with E-state index in [2.05, 4.69) is 0 Å². The highest BCUT2D eigenvalue weighted by molar-refractivity contribution is 6.09. The van der Waals surface area contributed by atoms with Crippen LogP contribution in [0, 0.1) is 22.0 Å². The molecule has 0 radical (unpaired) electrons. The third-order valence-electron chi connectivity index (χ3n) is 6.31. The number of amides is 3. The zero-order valence-corrected chi connectivity index (χ0v) is 19.2. The molecule has 0 unspecified atom stereocenters. The topological polar surface area (TPSA) is 127 Å². The molecule has 3 amide bonds. The second kappa shape index (κ2) is 9.49. The predicted octanol–water partition coefficient (Wildman–Crippen LogP) is 3.18. The second-order valence-electron chi connectivity index (χ2n) is 8.51. The van der Waals surface area contributed by atoms with Gasteiger partial charge in [-0.2, -0.15) is 5.01 Å². The van der Waals surface area contributed by atoms with E-state index in [0.717, 1.165) is 27.7 Å². The van der Waals surface area contributed by atoms with Gasteiger partial charge in [-0.3, -0.25) is 29.3 Å². The molecule has 2 aromatic carbocycles. The number of nitrogens with zero attached hydrogens (tertiary/aromatic N) is 3. The van der Waals surface area contributed by atoms with Gasteiger partial charge in [0.05, 0.1) is 23.9 Å². The van der Waals surface area contributed by atoms with E-state index in [0.29, 0.717) is 18.6 Å². The number of allylic oxidation sites excluding steroid dienone is 2. The first kappa shape index (κ1) is 23.8. The van der Waals surface area contributed by atoms with Crippen molar-refractivity contribution in [1.82, 2.24) is 10.0 Å². The number of fused-ring (bicyclic) bond motifs is 1. The summed E-state index contributed by atoms with van der Waals surface area (Å²) >= 11 is 0. The van der Waals surface area contributed by atoms with Crippen LogP contribution in [-0.2, 0) is 9.59 Å². The largest absolute Gasteiger partial charge is 0.497 e. The number of hydrogen-bond acceptors (Lipinski definition) is 7. The van der Waals surface area contributed by atoms with Gasteiger partial charge in [0.15, 0.2) is 5.78 Å². The van der Waals surface area contributed by atoms with Crippen LogP contribution >= 0.6 is 0 Å². The average Bonchev–Trinajstić information content (AvgIpc) is 3.11. The number of non-ortho nitro benzene ring substituents is 1. The van der Waals surface area contributed by atoms with Gasteiger partial charge in [-0.1, -0.05) is 11.6 Å². The van der Waals surface area contributed by atoms with Crippen LogP contribution < -0.4 is 4.74 Å². The van der Waals surface area contributed by atoms with Crippen molar-refractivity contribution in [3.8, 4) is 5.75 Å². The monoisotopic (exact) mass is 477 g/mol. The van der Waals surface area contributed by atoms with Crippen LogP contribution in [0.4, 0.5) is 5.69 Å². The number of imide groups is 1. The van der Waals surface area contributed by atoms with Crippen molar-refractivity contribution in [1.29, 1.82) is 0 Å². The van der Waals surface area contributed by atoms with Gasteiger partial charge in [0.25, 0.3) is 23.4 Å². The minimum absolute atomic E-state index is 0.00269. The molecule has 1 heterocycles. The number of hydrogen-bond donors (Lipinski definition) is 0. The molecule has 0 bridgehead atoms. The first-order valence-corrected chi connectivity index (χ1v) is 11.0. The van der Waals surface area contributed by atoms with E-state index in [1.807, 2.05) is 13.0 Å². The Labute approximate surface area is 200 Å². The Balaban J connectivity index is 1.68. The highest BCUT2D eigenvalue weighted by Crippen LogP contribution is 2.38. The van der Waals surface area contributed by atoms with E-state index >= 15 is 0 Å². The van der Waals surface area contributed by atoms with Crippen LogP contribution in [0.3, 0.4) is 0 Å². The van der Waals surface area contributed by atoms with Gasteiger partial charge in [-0.05, 0) is 56.2 Å². The third kappa shape index (κ3) is 4.54. The molecule has 180 valence electrons. The molecule has 0 spiro atoms. The quantitative estimate of drug-likeness (QED) is 0.197. The van der Waals surface area contributed by atoms with Crippen molar-refractivity contribution in [2.75, 3.05) is 13.7 Å². The molecule has 35 heavy (non-hydrogen) atoms. The van der Waals surface area contributed by atoms with Crippen LogP contribution in [0.1, 0.15) is 40.5 Å². The number of methoxy groups -OCH3 is 1. The van der Waals surface area contributed by atoms with Crippen LogP contribution in [0.2, 0.25) is 0 Å². The van der Waals surface area contributed by atoms with Gasteiger partial charge < -0.3 is 4.74 Å². The Morgan fingerprint density at radius 3 is 2.23 bits per heavy atom. The van der Waals surface area contributed by atoms with Gasteiger partial charge in [0, 0.05) is 23.3 Å². The number of rotatable bonds is 7. The van der Waals surface area contributed by atoms with Crippen molar-refractivity contribution < 1.29 is 28.8 Å². The number of nitro groups is 1. The summed E-state index contributed by atoms with van der Waals surface area (Å²) in [5.74, 6) is -3.02. The van der Waals surface area contributed by atoms with Crippen molar-refractivity contribution in [2.45, 2.75) is 19.8 Å². The Hall–Kier alpha value is -4.34. The molecule has 2 aromatic rings. The molecular weight excluding hydrogens is 454 g/mol. The summed E-state index contributed by atoms with van der Waals surface area (Å²) in [6.45, 7) is 1.31. The number of ketones is 1. The number of nitro benzene ring substituents is 1. The Morgan fingerprint density at radius 1 is 1.03 bits per heavy atom. The zero-order chi connectivity index (χ0) is 25.3. The van der Waals surface area contributed by atoms with E-state index in [-0.39, 0.29) is 16.8 Å². The summed E-state index contributed by atoms with van der Waals surface area (Å²) in [6, 6.07) is 11.0. The van der Waals surface area contributed by atoms with E-state index < -0.39 is 46.8 Å². The Bertz CT molecular complexity index is 1230. The van der Waals surface area contributed by atoms with Crippen LogP contribution in [0.25, 0.3) is 0 Å².